The molecule has 4 aliphatic rings. The second-order valence-electron chi connectivity index (χ2n) is 36.2. The minimum Gasteiger partial charge on any atom is -0.487 e. The molecule has 3 saturated carbocycles. The van der Waals surface area contributed by atoms with E-state index in [-0.39, 0.29) is 41.0 Å². The van der Waals surface area contributed by atoms with Crippen molar-refractivity contribution in [1.82, 2.24) is 97.9 Å². The molecular formula is C110H105N23O7. The van der Waals surface area contributed by atoms with Crippen LogP contribution >= 0.6 is 0 Å². The molecule has 702 valence electrons. The Morgan fingerprint density at radius 3 is 1.00 bits per heavy atom. The van der Waals surface area contributed by atoms with E-state index in [9.17, 15) is 24.0 Å². The van der Waals surface area contributed by atoms with Crippen molar-refractivity contribution in [3.63, 3.8) is 0 Å². The van der Waals surface area contributed by atoms with Crippen molar-refractivity contribution in [2.45, 2.75) is 144 Å². The van der Waals surface area contributed by atoms with E-state index in [1.807, 2.05) is 189 Å². The first-order valence-corrected chi connectivity index (χ1v) is 47.3. The fourth-order valence-electron chi connectivity index (χ4n) is 18.4. The monoisotopic (exact) mass is 1860 g/mol. The number of benzene rings is 10. The molecule has 3 fully saturated rings. The van der Waals surface area contributed by atoms with Crippen LogP contribution in [0, 0.1) is 41.5 Å². The van der Waals surface area contributed by atoms with Gasteiger partial charge in [-0.05, 0) is 179 Å². The predicted octanol–water partition coefficient (Wildman–Crippen LogP) is 18.3. The highest BCUT2D eigenvalue weighted by Gasteiger charge is 2.32. The Morgan fingerprint density at radius 1 is 0.314 bits per heavy atom. The molecular weight excluding hydrogens is 1760 g/mol. The zero-order chi connectivity index (χ0) is 96.2. The largest absolute Gasteiger partial charge is 0.487 e. The number of fused-ring (bicyclic) bond motifs is 6. The van der Waals surface area contributed by atoms with Gasteiger partial charge in [-0.1, -0.05) is 219 Å². The normalized spacial score (nSPS) is 13.2. The van der Waals surface area contributed by atoms with Gasteiger partial charge in [0.2, 0.25) is 0 Å². The third-order valence-electron chi connectivity index (χ3n) is 26.2. The molecule has 140 heavy (non-hydrogen) atoms. The third-order valence-corrected chi connectivity index (χ3v) is 26.2. The molecule has 0 radical (unpaired) electrons. The van der Waals surface area contributed by atoms with Gasteiger partial charge in [-0.2, -0.15) is 47.5 Å². The van der Waals surface area contributed by atoms with Crippen molar-refractivity contribution in [1.29, 1.82) is 0 Å². The molecule has 10 aromatic heterocycles. The highest BCUT2D eigenvalue weighted by Crippen LogP contribution is 2.48. The molecule has 11 heterocycles. The van der Waals surface area contributed by atoms with Crippen molar-refractivity contribution in [3.8, 4) is 68.4 Å². The molecule has 0 unspecified atom stereocenters. The zero-order valence-corrected chi connectivity index (χ0v) is 79.0. The highest BCUT2D eigenvalue weighted by atomic mass is 16.5. The summed E-state index contributed by atoms with van der Waals surface area (Å²) in [5.74, 6) is 8.60. The smallest absolute Gasteiger partial charge is 0.274 e. The molecule has 0 saturated heterocycles. The summed E-state index contributed by atoms with van der Waals surface area (Å²) >= 11 is 0. The Kier molecular flexibility index (Phi) is 25.7. The van der Waals surface area contributed by atoms with Crippen LogP contribution in [0.3, 0.4) is 0 Å². The minimum atomic E-state index is -0.204. The van der Waals surface area contributed by atoms with E-state index in [2.05, 4.69) is 199 Å². The summed E-state index contributed by atoms with van der Waals surface area (Å²) in [5, 5.41) is 15.1. The average Bonchev–Trinajstić information content (AvgIpc) is 1.70. The number of hydrogen-bond acceptors (Lipinski definition) is 20. The number of ether oxygens (including phenoxy) is 2. The number of hydrogen-bond donors (Lipinski definition) is 5. The number of rotatable bonds is 22. The molecule has 24 rings (SSSR count). The van der Waals surface area contributed by atoms with Crippen molar-refractivity contribution in [3.05, 3.63) is 409 Å². The van der Waals surface area contributed by atoms with Gasteiger partial charge in [-0.25, -0.2) is 24.9 Å². The van der Waals surface area contributed by atoms with Crippen molar-refractivity contribution in [2.75, 3.05) is 35.3 Å². The van der Waals surface area contributed by atoms with E-state index in [1.165, 1.54) is 147 Å². The number of nitrogens with one attached hydrogen (secondary N) is 5. The summed E-state index contributed by atoms with van der Waals surface area (Å²) in [6, 6.07) is 87.5. The van der Waals surface area contributed by atoms with E-state index in [1.54, 1.807) is 18.2 Å². The number of anilines is 3. The van der Waals surface area contributed by atoms with Crippen LogP contribution in [0.2, 0.25) is 0 Å². The van der Waals surface area contributed by atoms with Crippen LogP contribution in [-0.2, 0) is 39.3 Å². The first-order chi connectivity index (χ1) is 68.2. The lowest BCUT2D eigenvalue weighted by Gasteiger charge is -2.29. The lowest BCUT2D eigenvalue weighted by molar-refractivity contribution is 0.289. The van der Waals surface area contributed by atoms with Gasteiger partial charge in [-0.15, -0.1) is 0 Å². The van der Waals surface area contributed by atoms with E-state index >= 15 is 0 Å². The molecule has 0 spiro atoms. The molecule has 30 heteroatoms. The third kappa shape index (κ3) is 19.9. The Labute approximate surface area is 804 Å². The van der Waals surface area contributed by atoms with Gasteiger partial charge >= 0.3 is 0 Å². The number of aromatic nitrogens is 20. The first-order valence-electron chi connectivity index (χ1n) is 47.3. The molecule has 10 aromatic carbocycles. The maximum atomic E-state index is 12.6. The predicted molar refractivity (Wildman–Crippen MR) is 544 cm³/mol. The number of aryl methyl sites for hydroxylation is 5. The van der Waals surface area contributed by atoms with Gasteiger partial charge in [0, 0.05) is 107 Å². The first kappa shape index (κ1) is 90.7. The summed E-state index contributed by atoms with van der Waals surface area (Å²) in [6.07, 6.45) is 9.66. The van der Waals surface area contributed by atoms with Gasteiger partial charge in [-0.3, -0.25) is 49.5 Å². The maximum Gasteiger partial charge on any atom is 0.274 e. The minimum absolute atomic E-state index is 0.145. The maximum absolute atomic E-state index is 12.6. The molecule has 30 nitrogen and oxygen atoms in total. The molecule has 3 aliphatic carbocycles. The highest BCUT2D eigenvalue weighted by molar-refractivity contribution is 5.65. The molecule has 5 N–H and O–H groups in total. The fraction of sp³-hybridized carbons (Fsp3) is 0.227. The zero-order valence-electron chi connectivity index (χ0n) is 79.0. The lowest BCUT2D eigenvalue weighted by Crippen LogP contribution is -2.23. The standard InChI is InChI=1S/C23H23N5O.C23H22N4O2.C22H20N4O2.C21H19N5O.C21H21N5O/c1-15-7-6-10-19(21(15)16-11-12-16)27(2)14-18-13-20(29)28-23(24-18)25-22(26-28)17-8-4-3-5-9-17;1-15-7-5-12-19(21(15)16-10-6-11-16)29-14-18-13-20(28)27-23(24-18)25-22(26-27)17-8-3-2-4-9-17;1-14-6-5-9-18(20(14)15-10-11-15)28-13-17-12-19(27)26-22(23-17)24-21(25-26)16-7-3-2-4-8-16;1-14-6-5-9-18-17(14)10-11-25(18)13-16-12-19(27)26-21(22-16)23-20(24-26)15-7-3-2-4-8-15;1-14-8-7-11-18(15(14)2)25(3)13-17-12-19(27)26-21(22-17)23-20(24-26)16-9-5-4-6-10-16/h3-10,13,16H,11-12,14H2,1-2H3,(H,24,25,26);2-5,7-9,12-13,16H,6,10-11,14H2,1H3,(H,24,25,26);2-9,12,15H,10-11,13H2,1H3,(H,23,24,25);2-9,12H,10-11,13H2,1H3,(H,22,23,24);4-12H,13H2,1-3H3,(H,22,23,24). The molecule has 0 amide bonds. The van der Waals surface area contributed by atoms with Gasteiger partial charge in [0.15, 0.2) is 29.1 Å². The second kappa shape index (κ2) is 39.7. The van der Waals surface area contributed by atoms with Gasteiger partial charge in [0.25, 0.3) is 56.7 Å². The van der Waals surface area contributed by atoms with Crippen LogP contribution in [-0.4, -0.2) is 119 Å². The lowest BCUT2D eigenvalue weighted by atomic mass is 9.78. The topological polar surface area (TPSA) is 343 Å². The van der Waals surface area contributed by atoms with Crippen LogP contribution in [0.25, 0.3) is 85.8 Å². The van der Waals surface area contributed by atoms with E-state index < -0.39 is 0 Å². The summed E-state index contributed by atoms with van der Waals surface area (Å²) in [7, 11) is 4.06. The molecule has 0 atom stereocenters. The number of H-pyrrole nitrogens is 5. The van der Waals surface area contributed by atoms with Gasteiger partial charge in [0.1, 0.15) is 24.7 Å². The Morgan fingerprint density at radius 2 is 0.621 bits per heavy atom. The van der Waals surface area contributed by atoms with Crippen LogP contribution in [0.5, 0.6) is 11.5 Å². The summed E-state index contributed by atoms with van der Waals surface area (Å²) in [4.78, 5) is 115. The number of nitrogens with zero attached hydrogens (tertiary/aromatic N) is 18. The average molecular weight is 1860 g/mol. The van der Waals surface area contributed by atoms with Crippen molar-refractivity contribution in [2.24, 2.45) is 0 Å². The Balaban J connectivity index is 0.000000108. The fourth-order valence-corrected chi connectivity index (χ4v) is 18.4. The van der Waals surface area contributed by atoms with Gasteiger partial charge in [0.05, 0.1) is 48.1 Å². The number of aromatic amines is 5. The Hall–Kier alpha value is -17.1. The van der Waals surface area contributed by atoms with E-state index in [0.717, 1.165) is 63.7 Å². The summed E-state index contributed by atoms with van der Waals surface area (Å²) in [6.45, 7) is 15.9. The quantitative estimate of drug-likeness (QED) is 0.0421. The van der Waals surface area contributed by atoms with Crippen LogP contribution in [0.15, 0.2) is 297 Å². The summed E-state index contributed by atoms with van der Waals surface area (Å²) in [5.41, 5.74) is 23.6. The molecule has 0 bridgehead atoms. The van der Waals surface area contributed by atoms with Crippen LogP contribution < -0.4 is 52.0 Å². The van der Waals surface area contributed by atoms with Crippen LogP contribution in [0.4, 0.5) is 17.1 Å². The van der Waals surface area contributed by atoms with Crippen LogP contribution in [0.1, 0.15) is 147 Å². The summed E-state index contributed by atoms with van der Waals surface area (Å²) < 4.78 is 19.0. The molecule has 20 aromatic rings. The van der Waals surface area contributed by atoms with Crippen molar-refractivity contribution >= 4 is 46.0 Å². The van der Waals surface area contributed by atoms with E-state index in [4.69, 9.17) is 9.47 Å². The van der Waals surface area contributed by atoms with Crippen molar-refractivity contribution < 1.29 is 9.47 Å². The Bertz CT molecular complexity index is 8250. The second-order valence-corrected chi connectivity index (χ2v) is 36.2. The SMILES string of the molecule is Cc1cccc(N(C)Cc2cc(=O)n3[nH]c(-c4ccccc4)nc3n2)c1C.Cc1cccc(N(C)Cc2cc(=O)n3[nH]c(-c4ccccc4)nc3n2)c1C1CC1.Cc1cccc(OCc2cc(=O)n3[nH]c(-c4ccccc4)nc3n2)c1C1CC1.Cc1cccc(OCc2cc(=O)n3[nH]c(-c4ccccc4)nc3n2)c1C1CCC1.Cc1cccc2c1CCN2Cc1cc(=O)n2[nH]c(-c3ccccc3)nc2n1. The van der Waals surface area contributed by atoms with Gasteiger partial charge < -0.3 is 24.2 Å². The molecule has 1 aliphatic heterocycles. The van der Waals surface area contributed by atoms with E-state index in [0.29, 0.717) is 118 Å².